The Hall–Kier alpha value is -1.39. The van der Waals surface area contributed by atoms with Crippen LogP contribution in [-0.2, 0) is 6.54 Å². The molecule has 1 fully saturated rings. The van der Waals surface area contributed by atoms with Crippen LogP contribution in [0.25, 0.3) is 5.65 Å². The van der Waals surface area contributed by atoms with E-state index >= 15 is 0 Å². The number of rotatable bonds is 4. The normalized spacial score (nSPS) is 27.3. The van der Waals surface area contributed by atoms with E-state index in [-0.39, 0.29) is 5.54 Å². The molecule has 2 aromatic heterocycles. The molecule has 2 atom stereocenters. The molecule has 0 spiro atoms. The number of imidazole rings is 1. The SMILES string of the molecule is CCC1CNC(C)(CC)CN1Cc1cn2ccccc2n1. The zero-order chi connectivity index (χ0) is 14.9. The van der Waals surface area contributed by atoms with Crippen LogP contribution in [0.1, 0.15) is 39.3 Å². The zero-order valence-corrected chi connectivity index (χ0v) is 13.3. The Morgan fingerprint density at radius 1 is 1.38 bits per heavy atom. The number of pyridine rings is 1. The molecule has 0 aromatic carbocycles. The first-order valence-electron chi connectivity index (χ1n) is 8.05. The molecule has 1 N–H and O–H groups in total. The van der Waals surface area contributed by atoms with Crippen molar-refractivity contribution in [1.82, 2.24) is 19.6 Å². The van der Waals surface area contributed by atoms with Crippen molar-refractivity contribution in [2.24, 2.45) is 0 Å². The van der Waals surface area contributed by atoms with E-state index in [2.05, 4.69) is 53.8 Å². The number of nitrogens with zero attached hydrogens (tertiary/aromatic N) is 3. The molecule has 0 radical (unpaired) electrons. The first-order valence-corrected chi connectivity index (χ1v) is 8.05. The van der Waals surface area contributed by atoms with Crippen LogP contribution < -0.4 is 5.32 Å². The summed E-state index contributed by atoms with van der Waals surface area (Å²) in [7, 11) is 0. The minimum absolute atomic E-state index is 0.227. The van der Waals surface area contributed by atoms with Crippen LogP contribution in [0.4, 0.5) is 0 Å². The van der Waals surface area contributed by atoms with Crippen molar-refractivity contribution in [3.05, 3.63) is 36.3 Å². The molecule has 4 heteroatoms. The first-order chi connectivity index (χ1) is 10.1. The average molecular weight is 286 g/mol. The molecule has 2 aromatic rings. The molecule has 4 nitrogen and oxygen atoms in total. The number of hydrogen-bond donors (Lipinski definition) is 1. The highest BCUT2D eigenvalue weighted by molar-refractivity contribution is 5.39. The van der Waals surface area contributed by atoms with E-state index in [0.717, 1.165) is 31.7 Å². The summed E-state index contributed by atoms with van der Waals surface area (Å²) in [6, 6.07) is 6.76. The molecule has 3 heterocycles. The van der Waals surface area contributed by atoms with Crippen molar-refractivity contribution in [3.8, 4) is 0 Å². The second-order valence-corrected chi connectivity index (χ2v) is 6.46. The van der Waals surface area contributed by atoms with E-state index in [1.807, 2.05) is 12.1 Å². The standard InChI is InChI=1S/C17H26N4/c1-4-15-10-18-17(3,5-2)13-21(15)12-14-11-20-9-7-6-8-16(20)19-14/h6-9,11,15,18H,4-5,10,12-13H2,1-3H3. The van der Waals surface area contributed by atoms with Crippen molar-refractivity contribution in [1.29, 1.82) is 0 Å². The van der Waals surface area contributed by atoms with Crippen molar-refractivity contribution in [2.75, 3.05) is 13.1 Å². The van der Waals surface area contributed by atoms with Gasteiger partial charge >= 0.3 is 0 Å². The summed E-state index contributed by atoms with van der Waals surface area (Å²) in [5, 5.41) is 3.72. The Morgan fingerprint density at radius 2 is 2.24 bits per heavy atom. The van der Waals surface area contributed by atoms with Gasteiger partial charge in [-0.05, 0) is 31.9 Å². The minimum atomic E-state index is 0.227. The van der Waals surface area contributed by atoms with E-state index in [9.17, 15) is 0 Å². The van der Waals surface area contributed by atoms with Crippen molar-refractivity contribution in [2.45, 2.75) is 51.7 Å². The Bertz CT molecular complexity index is 573. The maximum atomic E-state index is 4.75. The highest BCUT2D eigenvalue weighted by Gasteiger charge is 2.33. The molecule has 3 rings (SSSR count). The van der Waals surface area contributed by atoms with Gasteiger partial charge in [0.2, 0.25) is 0 Å². The summed E-state index contributed by atoms with van der Waals surface area (Å²) in [6.45, 7) is 9.98. The van der Waals surface area contributed by atoms with Crippen LogP contribution in [0.5, 0.6) is 0 Å². The van der Waals surface area contributed by atoms with Gasteiger partial charge < -0.3 is 9.72 Å². The van der Waals surface area contributed by atoms with Crippen LogP contribution in [0.2, 0.25) is 0 Å². The van der Waals surface area contributed by atoms with Gasteiger partial charge in [0.15, 0.2) is 0 Å². The van der Waals surface area contributed by atoms with E-state index in [1.165, 1.54) is 12.1 Å². The lowest BCUT2D eigenvalue weighted by Gasteiger charge is -2.45. The van der Waals surface area contributed by atoms with Gasteiger partial charge in [0.05, 0.1) is 5.69 Å². The van der Waals surface area contributed by atoms with Gasteiger partial charge in [0.25, 0.3) is 0 Å². The van der Waals surface area contributed by atoms with E-state index < -0.39 is 0 Å². The lowest BCUT2D eigenvalue weighted by Crippen LogP contribution is -2.62. The number of aromatic nitrogens is 2. The molecular weight excluding hydrogens is 260 g/mol. The molecule has 0 amide bonds. The van der Waals surface area contributed by atoms with Gasteiger partial charge in [0.1, 0.15) is 5.65 Å². The van der Waals surface area contributed by atoms with Gasteiger partial charge in [-0.15, -0.1) is 0 Å². The quantitative estimate of drug-likeness (QED) is 0.938. The summed E-state index contributed by atoms with van der Waals surface area (Å²) in [5.41, 5.74) is 2.43. The molecule has 2 unspecified atom stereocenters. The van der Waals surface area contributed by atoms with E-state index in [0.29, 0.717) is 6.04 Å². The van der Waals surface area contributed by atoms with Crippen molar-refractivity contribution in [3.63, 3.8) is 0 Å². The summed E-state index contributed by atoms with van der Waals surface area (Å²) in [6.07, 6.45) is 6.57. The van der Waals surface area contributed by atoms with Crippen LogP contribution in [0, 0.1) is 0 Å². The summed E-state index contributed by atoms with van der Waals surface area (Å²) in [4.78, 5) is 7.35. The van der Waals surface area contributed by atoms with Gasteiger partial charge in [-0.1, -0.05) is 19.9 Å². The predicted octanol–water partition coefficient (Wildman–Crippen LogP) is 2.69. The van der Waals surface area contributed by atoms with Crippen LogP contribution in [0.15, 0.2) is 30.6 Å². The number of fused-ring (bicyclic) bond motifs is 1. The van der Waals surface area contributed by atoms with Crippen LogP contribution in [-0.4, -0.2) is 39.0 Å². The third kappa shape index (κ3) is 2.97. The maximum Gasteiger partial charge on any atom is 0.137 e. The van der Waals surface area contributed by atoms with Gasteiger partial charge in [-0.2, -0.15) is 0 Å². The lowest BCUT2D eigenvalue weighted by molar-refractivity contribution is 0.0745. The fourth-order valence-corrected chi connectivity index (χ4v) is 3.22. The highest BCUT2D eigenvalue weighted by atomic mass is 15.3. The topological polar surface area (TPSA) is 32.6 Å². The van der Waals surface area contributed by atoms with E-state index in [4.69, 9.17) is 4.98 Å². The molecule has 1 aliphatic rings. The number of piperazine rings is 1. The molecule has 114 valence electrons. The van der Waals surface area contributed by atoms with Crippen molar-refractivity contribution < 1.29 is 0 Å². The van der Waals surface area contributed by atoms with Crippen LogP contribution in [0.3, 0.4) is 0 Å². The molecule has 1 saturated heterocycles. The summed E-state index contributed by atoms with van der Waals surface area (Å²) >= 11 is 0. The third-order valence-electron chi connectivity index (χ3n) is 4.86. The number of hydrogen-bond acceptors (Lipinski definition) is 3. The van der Waals surface area contributed by atoms with Crippen molar-refractivity contribution >= 4 is 5.65 Å². The Morgan fingerprint density at radius 3 is 2.95 bits per heavy atom. The van der Waals surface area contributed by atoms with Gasteiger partial charge in [-0.3, -0.25) is 4.90 Å². The molecular formula is C17H26N4. The molecule has 1 aliphatic heterocycles. The maximum absolute atomic E-state index is 4.75. The molecule has 0 bridgehead atoms. The second-order valence-electron chi connectivity index (χ2n) is 6.46. The first kappa shape index (κ1) is 14.5. The molecule has 0 saturated carbocycles. The fourth-order valence-electron chi connectivity index (χ4n) is 3.22. The lowest BCUT2D eigenvalue weighted by atomic mass is 9.92. The summed E-state index contributed by atoms with van der Waals surface area (Å²) < 4.78 is 2.11. The Balaban J connectivity index is 1.80. The van der Waals surface area contributed by atoms with Gasteiger partial charge in [-0.25, -0.2) is 4.98 Å². The second kappa shape index (κ2) is 5.78. The van der Waals surface area contributed by atoms with Gasteiger partial charge in [0, 0.05) is 43.6 Å². The van der Waals surface area contributed by atoms with E-state index in [1.54, 1.807) is 0 Å². The molecule has 0 aliphatic carbocycles. The summed E-state index contributed by atoms with van der Waals surface area (Å²) in [5.74, 6) is 0. The third-order valence-corrected chi connectivity index (χ3v) is 4.86. The average Bonchev–Trinajstić information content (AvgIpc) is 2.90. The Kier molecular flexibility index (Phi) is 4.00. The molecule has 21 heavy (non-hydrogen) atoms. The number of nitrogens with one attached hydrogen (secondary N) is 1. The Labute approximate surface area is 127 Å². The zero-order valence-electron chi connectivity index (χ0n) is 13.3. The highest BCUT2D eigenvalue weighted by Crippen LogP contribution is 2.22. The fraction of sp³-hybridized carbons (Fsp3) is 0.588. The minimum Gasteiger partial charge on any atom is -0.309 e. The smallest absolute Gasteiger partial charge is 0.137 e. The predicted molar refractivity (Wildman–Crippen MR) is 86.4 cm³/mol. The monoisotopic (exact) mass is 286 g/mol. The van der Waals surface area contributed by atoms with Crippen LogP contribution >= 0.6 is 0 Å². The largest absolute Gasteiger partial charge is 0.309 e.